The zero-order chi connectivity index (χ0) is 36.7. The van der Waals surface area contributed by atoms with Gasteiger partial charge < -0.3 is 5.11 Å². The molecule has 271 valence electrons. The molecule has 0 fully saturated rings. The standard InChI is InChI=1S/C31H28NSi.C15H28O2.Ir/c1-22-17-25(23-11-7-5-8-12-23)19-26(18-22)31-21-28(24-13-9-6-10-14-24)29-20-27(33(2,3)4)15-16-30(29)32-31;1-7-14(5,8-2)12(16)11-13(17)15(6,9-3)10-4;/h5-17,19-21H,1-4H3;11,16H,7-10H2,1-6H3;/q-1;;/b;12-11-;. The zero-order valence-corrected chi connectivity index (χ0v) is 35.7. The first-order valence-corrected chi connectivity index (χ1v) is 21.7. The molecule has 0 atom stereocenters. The number of benzene rings is 4. The number of hydrogen-bond acceptors (Lipinski definition) is 3. The van der Waals surface area contributed by atoms with E-state index >= 15 is 0 Å². The molecule has 0 amide bonds. The number of ketones is 1. The van der Waals surface area contributed by atoms with E-state index in [0.717, 1.165) is 48.0 Å². The number of allylic oxidation sites excluding steroid dienone is 2. The smallest absolute Gasteiger partial charge is 0.164 e. The first kappa shape index (κ1) is 41.8. The van der Waals surface area contributed by atoms with Gasteiger partial charge in [-0.05, 0) is 54.1 Å². The predicted molar refractivity (Wildman–Crippen MR) is 218 cm³/mol. The minimum Gasteiger partial charge on any atom is -0.512 e. The van der Waals surface area contributed by atoms with Crippen LogP contribution < -0.4 is 5.19 Å². The van der Waals surface area contributed by atoms with Gasteiger partial charge in [-0.3, -0.25) is 9.78 Å². The number of aromatic nitrogens is 1. The van der Waals surface area contributed by atoms with E-state index in [0.29, 0.717) is 0 Å². The van der Waals surface area contributed by atoms with Crippen LogP contribution in [0, 0.1) is 23.8 Å². The molecule has 0 spiro atoms. The van der Waals surface area contributed by atoms with Gasteiger partial charge in [0.15, 0.2) is 5.78 Å². The van der Waals surface area contributed by atoms with Gasteiger partial charge in [-0.25, -0.2) is 0 Å². The van der Waals surface area contributed by atoms with Crippen LogP contribution in [0.4, 0.5) is 0 Å². The fourth-order valence-electron chi connectivity index (χ4n) is 6.02. The van der Waals surface area contributed by atoms with Crippen molar-refractivity contribution in [2.45, 2.75) is 93.8 Å². The van der Waals surface area contributed by atoms with E-state index < -0.39 is 8.07 Å². The molecule has 1 radical (unpaired) electrons. The second kappa shape index (κ2) is 17.7. The molecule has 5 heteroatoms. The number of pyridine rings is 1. The van der Waals surface area contributed by atoms with Crippen molar-refractivity contribution < 1.29 is 30.0 Å². The Bertz CT molecular complexity index is 1940. The molecular formula is C46H56IrNO2Si-. The number of aryl methyl sites for hydroxylation is 1. The molecule has 5 aromatic rings. The second-order valence-electron chi connectivity index (χ2n) is 15.2. The first-order valence-electron chi connectivity index (χ1n) is 18.2. The van der Waals surface area contributed by atoms with Crippen molar-refractivity contribution in [1.29, 1.82) is 0 Å². The van der Waals surface area contributed by atoms with Gasteiger partial charge >= 0.3 is 0 Å². The molecule has 3 nitrogen and oxygen atoms in total. The van der Waals surface area contributed by atoms with E-state index in [-0.39, 0.29) is 42.5 Å². The Hall–Kier alpha value is -3.63. The maximum Gasteiger partial charge on any atom is 0.164 e. The topological polar surface area (TPSA) is 50.2 Å². The number of nitrogens with zero attached hydrogens (tertiary/aromatic N) is 1. The van der Waals surface area contributed by atoms with E-state index in [1.54, 1.807) is 0 Å². The van der Waals surface area contributed by atoms with Crippen molar-refractivity contribution in [1.82, 2.24) is 4.98 Å². The third-order valence-corrected chi connectivity index (χ3v) is 12.8. The van der Waals surface area contributed by atoms with E-state index in [4.69, 9.17) is 4.98 Å². The molecule has 0 unspecified atom stereocenters. The third-order valence-electron chi connectivity index (χ3n) is 10.7. The quantitative estimate of drug-likeness (QED) is 0.0622. The van der Waals surface area contributed by atoms with Crippen molar-refractivity contribution >= 4 is 29.9 Å². The number of aliphatic hydroxyl groups is 1. The zero-order valence-electron chi connectivity index (χ0n) is 32.3. The fraction of sp³-hybridized carbons (Fsp3) is 0.348. The van der Waals surface area contributed by atoms with Crippen LogP contribution in [-0.2, 0) is 24.9 Å². The summed E-state index contributed by atoms with van der Waals surface area (Å²) in [5.74, 6) is 0.286. The Kier molecular flexibility index (Phi) is 14.5. The van der Waals surface area contributed by atoms with Crippen LogP contribution in [0.15, 0.2) is 109 Å². The normalized spacial score (nSPS) is 12.2. The molecule has 0 aliphatic carbocycles. The minimum atomic E-state index is -1.44. The number of fused-ring (bicyclic) bond motifs is 1. The monoisotopic (exact) mass is 875 g/mol. The van der Waals surface area contributed by atoms with Gasteiger partial charge in [0.25, 0.3) is 0 Å². The Labute approximate surface area is 322 Å². The molecular weight excluding hydrogens is 819 g/mol. The average molecular weight is 875 g/mol. The Morgan fingerprint density at radius 3 is 1.82 bits per heavy atom. The van der Waals surface area contributed by atoms with Crippen LogP contribution in [0.25, 0.3) is 44.4 Å². The summed E-state index contributed by atoms with van der Waals surface area (Å²) in [7, 11) is -1.44. The third kappa shape index (κ3) is 10.0. The van der Waals surface area contributed by atoms with Crippen molar-refractivity contribution in [3.05, 3.63) is 121 Å². The molecule has 1 heterocycles. The van der Waals surface area contributed by atoms with E-state index in [1.165, 1.54) is 38.9 Å². The fourth-order valence-corrected chi connectivity index (χ4v) is 7.18. The minimum absolute atomic E-state index is 0. The number of carbonyl (C=O) groups is 1. The SMILES string of the molecule is CCC(C)(CC)C(=O)/C=C(\O)C(C)(CC)CC.Cc1[c-]c(-c2cc(-c3ccccc3)c3cc([Si](C)(C)C)ccc3n2)cc(-c2ccccc2)c1.[Ir]. The Morgan fingerprint density at radius 2 is 1.29 bits per heavy atom. The Morgan fingerprint density at radius 1 is 0.745 bits per heavy atom. The molecule has 0 aliphatic rings. The Balaban J connectivity index is 0.000000335. The van der Waals surface area contributed by atoms with Gasteiger partial charge in [0.1, 0.15) is 5.76 Å². The maximum atomic E-state index is 12.2. The molecule has 0 bridgehead atoms. The van der Waals surface area contributed by atoms with Crippen LogP contribution >= 0.6 is 0 Å². The summed E-state index contributed by atoms with van der Waals surface area (Å²) in [6.07, 6.45) is 4.75. The molecule has 0 saturated carbocycles. The molecule has 1 aromatic heterocycles. The van der Waals surface area contributed by atoms with Gasteiger partial charge in [0.2, 0.25) is 0 Å². The van der Waals surface area contributed by atoms with Crippen LogP contribution in [-0.4, -0.2) is 23.9 Å². The van der Waals surface area contributed by atoms with E-state index in [1.807, 2.05) is 41.5 Å². The van der Waals surface area contributed by atoms with Crippen molar-refractivity contribution in [3.63, 3.8) is 0 Å². The molecule has 51 heavy (non-hydrogen) atoms. The summed E-state index contributed by atoms with van der Waals surface area (Å²) >= 11 is 0. The van der Waals surface area contributed by atoms with Crippen molar-refractivity contribution in [3.8, 4) is 33.5 Å². The number of hydrogen-bond donors (Lipinski definition) is 1. The van der Waals surface area contributed by atoms with Gasteiger partial charge in [-0.2, -0.15) is 0 Å². The molecule has 5 rings (SSSR count). The number of rotatable bonds is 11. The van der Waals surface area contributed by atoms with Crippen molar-refractivity contribution in [2.75, 3.05) is 0 Å². The number of carbonyl (C=O) groups excluding carboxylic acids is 1. The summed E-state index contributed by atoms with van der Waals surface area (Å²) < 4.78 is 0. The van der Waals surface area contributed by atoms with Gasteiger partial charge in [0, 0.05) is 42.4 Å². The van der Waals surface area contributed by atoms with Crippen LogP contribution in [0.5, 0.6) is 0 Å². The summed E-state index contributed by atoms with van der Waals surface area (Å²) in [6, 6.07) is 38.2. The number of aliphatic hydroxyl groups excluding tert-OH is 1. The predicted octanol–water partition coefficient (Wildman–Crippen LogP) is 12.5. The summed E-state index contributed by atoms with van der Waals surface area (Å²) in [6.45, 7) is 21.4. The van der Waals surface area contributed by atoms with Crippen LogP contribution in [0.3, 0.4) is 0 Å². The van der Waals surface area contributed by atoms with Crippen LogP contribution in [0.2, 0.25) is 19.6 Å². The molecule has 0 saturated heterocycles. The van der Waals surface area contributed by atoms with Crippen molar-refractivity contribution in [2.24, 2.45) is 10.8 Å². The molecule has 4 aromatic carbocycles. The summed E-state index contributed by atoms with van der Waals surface area (Å²) in [4.78, 5) is 17.3. The van der Waals surface area contributed by atoms with Gasteiger partial charge in [-0.15, -0.1) is 34.9 Å². The second-order valence-corrected chi connectivity index (χ2v) is 20.2. The van der Waals surface area contributed by atoms with E-state index in [2.05, 4.69) is 130 Å². The largest absolute Gasteiger partial charge is 0.512 e. The summed E-state index contributed by atoms with van der Waals surface area (Å²) in [5, 5.41) is 12.8. The summed E-state index contributed by atoms with van der Waals surface area (Å²) in [5.41, 5.74) is 8.38. The average Bonchev–Trinajstić information content (AvgIpc) is 3.13. The first-order chi connectivity index (χ1) is 23.7. The van der Waals surface area contributed by atoms with Gasteiger partial charge in [-0.1, -0.05) is 152 Å². The molecule has 0 aliphatic heterocycles. The maximum absolute atomic E-state index is 12.2. The van der Waals surface area contributed by atoms with Crippen LogP contribution in [0.1, 0.15) is 72.8 Å². The van der Waals surface area contributed by atoms with E-state index in [9.17, 15) is 9.90 Å². The van der Waals surface area contributed by atoms with Gasteiger partial charge in [0.05, 0.1) is 13.6 Å². The molecule has 1 N–H and O–H groups in total.